The Kier molecular flexibility index (Phi) is 8.80. The van der Waals surface area contributed by atoms with E-state index >= 15 is 0 Å². The summed E-state index contributed by atoms with van der Waals surface area (Å²) in [6.45, 7) is -0.165. The van der Waals surface area contributed by atoms with Crippen LogP contribution in [0.5, 0.6) is 11.5 Å². The first-order valence-electron chi connectivity index (χ1n) is 13.4. The molecular formula is C34H25F4NO5. The van der Waals surface area contributed by atoms with E-state index in [0.29, 0.717) is 27.5 Å². The molecule has 0 aliphatic heterocycles. The zero-order valence-corrected chi connectivity index (χ0v) is 22.9. The van der Waals surface area contributed by atoms with E-state index in [1.165, 1.54) is 42.5 Å². The predicted molar refractivity (Wildman–Crippen MR) is 155 cm³/mol. The summed E-state index contributed by atoms with van der Waals surface area (Å²) in [6.07, 6.45) is -4.84. The van der Waals surface area contributed by atoms with Gasteiger partial charge in [-0.15, -0.1) is 13.2 Å². The van der Waals surface area contributed by atoms with E-state index in [-0.39, 0.29) is 17.9 Å². The van der Waals surface area contributed by atoms with Crippen molar-refractivity contribution < 1.29 is 41.7 Å². The van der Waals surface area contributed by atoms with Crippen molar-refractivity contribution in [1.82, 2.24) is 5.32 Å². The van der Waals surface area contributed by atoms with Crippen molar-refractivity contribution >= 4 is 22.6 Å². The van der Waals surface area contributed by atoms with E-state index < -0.39 is 41.8 Å². The number of halogens is 4. The number of hydrogen-bond donors (Lipinski definition) is 2. The first kappa shape index (κ1) is 30.1. The van der Waals surface area contributed by atoms with Gasteiger partial charge in [0.25, 0.3) is 5.91 Å². The molecule has 0 spiro atoms. The maximum atomic E-state index is 14.0. The van der Waals surface area contributed by atoms with E-state index in [1.54, 1.807) is 60.7 Å². The number of carbonyl (C=O) groups excluding carboxylic acids is 1. The highest BCUT2D eigenvalue weighted by Gasteiger charge is 2.34. The van der Waals surface area contributed by atoms with Crippen LogP contribution in [0.25, 0.3) is 10.8 Å². The number of amides is 1. The number of alkyl halides is 3. The maximum Gasteiger partial charge on any atom is 0.573 e. The lowest BCUT2D eigenvalue weighted by atomic mass is 9.84. The Labute approximate surface area is 249 Å². The second-order valence-electron chi connectivity index (χ2n) is 9.88. The Hall–Kier alpha value is -5.38. The monoisotopic (exact) mass is 603 g/mol. The number of hydrogen-bond acceptors (Lipinski definition) is 4. The van der Waals surface area contributed by atoms with E-state index in [9.17, 15) is 32.3 Å². The Bertz CT molecular complexity index is 1720. The Balaban J connectivity index is 1.48. The quantitative estimate of drug-likeness (QED) is 0.162. The van der Waals surface area contributed by atoms with Crippen LogP contribution in [0.3, 0.4) is 0 Å². The molecule has 5 aromatic carbocycles. The van der Waals surface area contributed by atoms with Crippen LogP contribution in [0.1, 0.15) is 33.0 Å². The van der Waals surface area contributed by atoms with Gasteiger partial charge in [-0.05, 0) is 58.5 Å². The van der Waals surface area contributed by atoms with Gasteiger partial charge in [0.05, 0.1) is 5.56 Å². The first-order valence-corrected chi connectivity index (χ1v) is 13.4. The van der Waals surface area contributed by atoms with Crippen molar-refractivity contribution in [3.8, 4) is 11.5 Å². The average molecular weight is 604 g/mol. The summed E-state index contributed by atoms with van der Waals surface area (Å²) >= 11 is 0. The zero-order valence-electron chi connectivity index (χ0n) is 22.9. The largest absolute Gasteiger partial charge is 0.573 e. The maximum absolute atomic E-state index is 14.0. The molecule has 0 saturated carbocycles. The van der Waals surface area contributed by atoms with Crippen LogP contribution >= 0.6 is 0 Å². The van der Waals surface area contributed by atoms with Gasteiger partial charge in [0.2, 0.25) is 0 Å². The van der Waals surface area contributed by atoms with Gasteiger partial charge in [-0.3, -0.25) is 4.79 Å². The molecule has 0 heterocycles. The van der Waals surface area contributed by atoms with Crippen molar-refractivity contribution in [1.29, 1.82) is 0 Å². The molecule has 0 aliphatic carbocycles. The number of aliphatic carboxylic acids is 1. The molecule has 0 radical (unpaired) electrons. The van der Waals surface area contributed by atoms with E-state index in [4.69, 9.17) is 4.74 Å². The molecule has 44 heavy (non-hydrogen) atoms. The second-order valence-corrected chi connectivity index (χ2v) is 9.88. The molecule has 0 aromatic heterocycles. The number of nitrogens with one attached hydrogen (secondary N) is 1. The number of fused-ring (bicyclic) bond motifs is 1. The lowest BCUT2D eigenvalue weighted by Crippen LogP contribution is -2.45. The number of rotatable bonds is 10. The summed E-state index contributed by atoms with van der Waals surface area (Å²) in [6, 6.07) is 28.3. The highest BCUT2D eigenvalue weighted by Crippen LogP contribution is 2.33. The molecule has 5 rings (SSSR count). The van der Waals surface area contributed by atoms with E-state index in [1.807, 2.05) is 0 Å². The minimum Gasteiger partial charge on any atom is -0.487 e. The Morgan fingerprint density at radius 1 is 0.795 bits per heavy atom. The van der Waals surface area contributed by atoms with Gasteiger partial charge in [0.1, 0.15) is 30.0 Å². The number of carboxylic acids is 1. The van der Waals surface area contributed by atoms with Gasteiger partial charge in [-0.1, -0.05) is 78.9 Å². The summed E-state index contributed by atoms with van der Waals surface area (Å²) < 4.78 is 61.6. The summed E-state index contributed by atoms with van der Waals surface area (Å²) in [7, 11) is 0. The van der Waals surface area contributed by atoms with Crippen LogP contribution in [0.15, 0.2) is 115 Å². The zero-order chi connectivity index (χ0) is 31.3. The van der Waals surface area contributed by atoms with E-state index in [0.717, 1.165) is 12.1 Å². The van der Waals surface area contributed by atoms with Gasteiger partial charge in [-0.2, -0.15) is 0 Å². The molecule has 10 heteroatoms. The molecule has 0 bridgehead atoms. The third kappa shape index (κ3) is 7.15. The van der Waals surface area contributed by atoms with Gasteiger partial charge < -0.3 is 19.9 Å². The van der Waals surface area contributed by atoms with Crippen LogP contribution < -0.4 is 14.8 Å². The molecule has 0 aliphatic rings. The van der Waals surface area contributed by atoms with Gasteiger partial charge in [0, 0.05) is 11.3 Å². The van der Waals surface area contributed by atoms with Crippen molar-refractivity contribution in [2.24, 2.45) is 0 Å². The fraction of sp³-hybridized carbons (Fsp3) is 0.118. The highest BCUT2D eigenvalue weighted by atomic mass is 19.4. The van der Waals surface area contributed by atoms with Crippen molar-refractivity contribution in [2.45, 2.75) is 24.9 Å². The summed E-state index contributed by atoms with van der Waals surface area (Å²) in [5.41, 5.74) is 1.80. The van der Waals surface area contributed by atoms with E-state index in [2.05, 4.69) is 10.1 Å². The fourth-order valence-corrected chi connectivity index (χ4v) is 4.95. The van der Waals surface area contributed by atoms with Crippen LogP contribution in [0.4, 0.5) is 17.6 Å². The fourth-order valence-electron chi connectivity index (χ4n) is 4.95. The van der Waals surface area contributed by atoms with Crippen LogP contribution in [0.2, 0.25) is 0 Å². The smallest absolute Gasteiger partial charge is 0.487 e. The molecule has 0 fully saturated rings. The molecule has 0 unspecified atom stereocenters. The topological polar surface area (TPSA) is 84.9 Å². The SMILES string of the molecule is O=C(N[C@H](C(=O)O)C(c1ccccc1)c1ccccc1)c1ccc2cc(F)ccc2c1OCc1ccc(OC(F)(F)F)cc1. The number of carbonyl (C=O) groups is 2. The van der Waals surface area contributed by atoms with Gasteiger partial charge in [0.15, 0.2) is 0 Å². The molecule has 224 valence electrons. The third-order valence-electron chi connectivity index (χ3n) is 6.92. The molecule has 0 saturated heterocycles. The summed E-state index contributed by atoms with van der Waals surface area (Å²) in [4.78, 5) is 26.4. The Morgan fingerprint density at radius 3 is 1.98 bits per heavy atom. The number of ether oxygens (including phenoxy) is 2. The van der Waals surface area contributed by atoms with Crippen molar-refractivity contribution in [3.05, 3.63) is 143 Å². The second kappa shape index (κ2) is 12.9. The first-order chi connectivity index (χ1) is 21.1. The molecule has 1 amide bonds. The molecule has 1 atom stereocenters. The lowest BCUT2D eigenvalue weighted by Gasteiger charge is -2.26. The van der Waals surface area contributed by atoms with Crippen LogP contribution in [0, 0.1) is 5.82 Å². The molecule has 6 nitrogen and oxygen atoms in total. The normalized spacial score (nSPS) is 12.1. The van der Waals surface area contributed by atoms with Crippen LogP contribution in [-0.4, -0.2) is 29.4 Å². The molecular weight excluding hydrogens is 578 g/mol. The highest BCUT2D eigenvalue weighted by molar-refractivity contribution is 6.05. The average Bonchev–Trinajstić information content (AvgIpc) is 3.00. The standard InChI is InChI=1S/C34H25F4NO5/c35-25-14-18-27-24(19-25)13-17-28(31(27)43-20-21-11-15-26(16-12-21)44-34(36,37)38)32(40)39-30(33(41)42)29(22-7-3-1-4-8-22)23-9-5-2-6-10-23/h1-19,29-30H,20H2,(H,39,40)(H,41,42)/t30-/m0/s1. The minimum absolute atomic E-state index is 0.00717. The predicted octanol–water partition coefficient (Wildman–Crippen LogP) is 7.47. The van der Waals surface area contributed by atoms with Gasteiger partial charge in [-0.25, -0.2) is 9.18 Å². The number of benzene rings is 5. The Morgan fingerprint density at radius 2 is 1.41 bits per heavy atom. The van der Waals surface area contributed by atoms with Crippen LogP contribution in [-0.2, 0) is 11.4 Å². The summed E-state index contributed by atoms with van der Waals surface area (Å²) in [5.74, 6) is -3.62. The summed E-state index contributed by atoms with van der Waals surface area (Å²) in [5, 5.41) is 13.8. The minimum atomic E-state index is -4.84. The number of carboxylic acid groups (broad SMARTS) is 1. The molecule has 5 aromatic rings. The van der Waals surface area contributed by atoms with Gasteiger partial charge >= 0.3 is 12.3 Å². The van der Waals surface area contributed by atoms with Crippen molar-refractivity contribution in [2.75, 3.05) is 0 Å². The molecule has 2 N–H and O–H groups in total. The lowest BCUT2D eigenvalue weighted by molar-refractivity contribution is -0.274. The van der Waals surface area contributed by atoms with Crippen molar-refractivity contribution in [3.63, 3.8) is 0 Å². The third-order valence-corrected chi connectivity index (χ3v) is 6.92.